The van der Waals surface area contributed by atoms with Crippen LogP contribution < -0.4 is 0 Å². The van der Waals surface area contributed by atoms with E-state index in [1.165, 1.54) is 0 Å². The molecule has 37 heavy (non-hydrogen) atoms. The summed E-state index contributed by atoms with van der Waals surface area (Å²) in [4.78, 5) is 0. The molecule has 3 heteroatoms. The van der Waals surface area contributed by atoms with E-state index in [1.54, 1.807) is 24.3 Å². The van der Waals surface area contributed by atoms with Gasteiger partial charge in [0.2, 0.25) is 0 Å². The molecule has 6 rings (SSSR count). The summed E-state index contributed by atoms with van der Waals surface area (Å²) in [5, 5.41) is 18.5. The van der Waals surface area contributed by atoms with Gasteiger partial charge in [0, 0.05) is 0 Å². The molecule has 0 radical (unpaired) electrons. The van der Waals surface area contributed by atoms with Crippen molar-refractivity contribution >= 4 is 0 Å². The van der Waals surface area contributed by atoms with E-state index in [4.69, 9.17) is 0 Å². The summed E-state index contributed by atoms with van der Waals surface area (Å²) in [5.41, 5.74) is 4.33. The molecule has 0 fully saturated rings. The molecule has 0 aliphatic heterocycles. The Labute approximate surface area is 239 Å². The molecule has 0 aromatic heterocycles. The molecular formula is C34H30O2Zr. The van der Waals surface area contributed by atoms with E-state index in [9.17, 15) is 10.2 Å². The zero-order valence-electron chi connectivity index (χ0n) is 20.6. The van der Waals surface area contributed by atoms with Crippen LogP contribution in [0.25, 0.3) is 22.3 Å². The van der Waals surface area contributed by atoms with Gasteiger partial charge in [-0.3, -0.25) is 0 Å². The van der Waals surface area contributed by atoms with Crippen molar-refractivity contribution in [2.75, 3.05) is 0 Å². The number of rotatable bonds is 2. The van der Waals surface area contributed by atoms with Crippen molar-refractivity contribution in [3.8, 4) is 33.8 Å². The van der Waals surface area contributed by atoms with Crippen molar-refractivity contribution in [1.29, 1.82) is 0 Å². The van der Waals surface area contributed by atoms with E-state index in [1.807, 2.05) is 146 Å². The molecule has 0 aliphatic rings. The second-order valence-corrected chi connectivity index (χ2v) is 7.76. The van der Waals surface area contributed by atoms with E-state index in [2.05, 4.69) is 0 Å². The van der Waals surface area contributed by atoms with Gasteiger partial charge in [-0.05, 0) is 46.5 Å². The summed E-state index contributed by atoms with van der Waals surface area (Å²) in [6.07, 6.45) is 0. The zero-order chi connectivity index (χ0) is 25.3. The van der Waals surface area contributed by atoms with Crippen LogP contribution in [0.2, 0.25) is 0 Å². The Hall–Kier alpha value is -3.94. The Morgan fingerprint density at radius 1 is 0.351 bits per heavy atom. The van der Waals surface area contributed by atoms with Crippen LogP contribution in [0.15, 0.2) is 170 Å². The van der Waals surface area contributed by atoms with Crippen molar-refractivity contribution < 1.29 is 36.4 Å². The first kappa shape index (κ1) is 29.3. The number of phenolic OH excluding ortho intramolecular Hbond substituents is 2. The van der Waals surface area contributed by atoms with Crippen molar-refractivity contribution in [2.45, 2.75) is 0 Å². The summed E-state index contributed by atoms with van der Waals surface area (Å²) in [5.74, 6) is 0.614. The van der Waals surface area contributed by atoms with Gasteiger partial charge >= 0.3 is 26.2 Å². The van der Waals surface area contributed by atoms with Gasteiger partial charge in [-0.15, -0.1) is 0 Å². The third-order valence-electron chi connectivity index (χ3n) is 5.02. The first-order valence-corrected chi connectivity index (χ1v) is 11.7. The summed E-state index contributed by atoms with van der Waals surface area (Å²) < 4.78 is 0. The average molecular weight is 562 g/mol. The molecule has 2 nitrogen and oxygen atoms in total. The predicted molar refractivity (Wildman–Crippen MR) is 151 cm³/mol. The Balaban J connectivity index is 0.000000187. The molecule has 0 saturated heterocycles. The zero-order valence-corrected chi connectivity index (χ0v) is 23.0. The molecule has 0 heterocycles. The number of aromatic hydroxyl groups is 2. The van der Waals surface area contributed by atoms with Crippen LogP contribution in [0.3, 0.4) is 0 Å². The fraction of sp³-hybridized carbons (Fsp3) is 0. The van der Waals surface area contributed by atoms with Gasteiger partial charge in [0.15, 0.2) is 0 Å². The van der Waals surface area contributed by atoms with E-state index in [-0.39, 0.29) is 26.2 Å². The Morgan fingerprint density at radius 2 is 0.676 bits per heavy atom. The number of benzene rings is 4. The van der Waals surface area contributed by atoms with E-state index >= 15 is 0 Å². The first-order valence-electron chi connectivity index (χ1n) is 11.7. The molecule has 0 aliphatic carbocycles. The summed E-state index contributed by atoms with van der Waals surface area (Å²) in [6, 6.07) is 54.5. The first-order chi connectivity index (χ1) is 17.7. The largest absolute Gasteiger partial charge is 2.00 e. The van der Waals surface area contributed by atoms with Gasteiger partial charge in [-0.25, -0.2) is 24.3 Å². The third kappa shape index (κ3) is 11.6. The molecule has 6 aromatic rings. The molecule has 182 valence electrons. The molecule has 0 amide bonds. The molecule has 6 aromatic carbocycles. The van der Waals surface area contributed by atoms with Gasteiger partial charge in [0.05, 0.1) is 0 Å². The van der Waals surface area contributed by atoms with Gasteiger partial charge in [-0.2, -0.15) is 36.4 Å². The second-order valence-electron chi connectivity index (χ2n) is 7.76. The SMILES string of the molecule is Oc1cccc(-c2ccccc2)c1.Oc1cccc(-c2ccccc2)c1.[Zr+2].c1cc[cH-]c1.c1cc[cH-]c1. The van der Waals surface area contributed by atoms with Crippen LogP contribution >= 0.6 is 0 Å². The summed E-state index contributed by atoms with van der Waals surface area (Å²) in [7, 11) is 0. The van der Waals surface area contributed by atoms with Crippen LogP contribution in [0.5, 0.6) is 11.5 Å². The average Bonchev–Trinajstić information content (AvgIpc) is 3.70. The molecule has 0 bridgehead atoms. The quantitative estimate of drug-likeness (QED) is 0.207. The molecule has 0 spiro atoms. The van der Waals surface area contributed by atoms with E-state index < -0.39 is 0 Å². The minimum atomic E-state index is 0. The van der Waals surface area contributed by atoms with Crippen LogP contribution in [0.4, 0.5) is 0 Å². The van der Waals surface area contributed by atoms with E-state index in [0.717, 1.165) is 22.3 Å². The van der Waals surface area contributed by atoms with Crippen molar-refractivity contribution in [3.63, 3.8) is 0 Å². The molecule has 0 saturated carbocycles. The van der Waals surface area contributed by atoms with Gasteiger partial charge < -0.3 is 10.2 Å². The number of phenols is 2. The van der Waals surface area contributed by atoms with Crippen LogP contribution in [0, 0.1) is 0 Å². The molecule has 0 unspecified atom stereocenters. The number of hydrogen-bond donors (Lipinski definition) is 2. The third-order valence-corrected chi connectivity index (χ3v) is 5.02. The Bertz CT molecular complexity index is 1190. The predicted octanol–water partition coefficient (Wildman–Crippen LogP) is 8.93. The van der Waals surface area contributed by atoms with Gasteiger partial charge in [0.1, 0.15) is 11.5 Å². The van der Waals surface area contributed by atoms with Crippen molar-refractivity contribution in [3.05, 3.63) is 170 Å². The van der Waals surface area contributed by atoms with Crippen molar-refractivity contribution in [1.82, 2.24) is 0 Å². The molecular weight excluding hydrogens is 532 g/mol. The second kappa shape index (κ2) is 17.5. The fourth-order valence-corrected chi connectivity index (χ4v) is 3.27. The van der Waals surface area contributed by atoms with Gasteiger partial charge in [0.25, 0.3) is 0 Å². The topological polar surface area (TPSA) is 40.5 Å². The Kier molecular flexibility index (Phi) is 13.8. The summed E-state index contributed by atoms with van der Waals surface area (Å²) >= 11 is 0. The van der Waals surface area contributed by atoms with Crippen LogP contribution in [0.1, 0.15) is 0 Å². The maximum absolute atomic E-state index is 9.27. The van der Waals surface area contributed by atoms with Crippen molar-refractivity contribution in [2.24, 2.45) is 0 Å². The fourth-order valence-electron chi connectivity index (χ4n) is 3.27. The minimum absolute atomic E-state index is 0. The normalized spacial score (nSPS) is 9.08. The number of hydrogen-bond acceptors (Lipinski definition) is 2. The maximum Gasteiger partial charge on any atom is 2.00 e. The van der Waals surface area contributed by atoms with Gasteiger partial charge in [-0.1, -0.05) is 84.9 Å². The maximum atomic E-state index is 9.27. The minimum Gasteiger partial charge on any atom is -0.508 e. The monoisotopic (exact) mass is 560 g/mol. The van der Waals surface area contributed by atoms with Crippen LogP contribution in [-0.4, -0.2) is 10.2 Å². The standard InChI is InChI=1S/2C12H10O.2C5H5.Zr/c2*13-12-8-4-7-11(9-12)10-5-2-1-3-6-10;2*1-2-4-5-3-1;/h2*1-9,13H;2*1-5H;/q;;2*-1;+2. The van der Waals surface area contributed by atoms with E-state index in [0.29, 0.717) is 11.5 Å². The molecule has 2 N–H and O–H groups in total. The Morgan fingerprint density at radius 3 is 0.946 bits per heavy atom. The smallest absolute Gasteiger partial charge is 0.508 e. The molecule has 0 atom stereocenters. The summed E-state index contributed by atoms with van der Waals surface area (Å²) in [6.45, 7) is 0. The van der Waals surface area contributed by atoms with Crippen LogP contribution in [-0.2, 0) is 26.2 Å².